The molecule has 3 aromatic heterocycles. The van der Waals surface area contributed by atoms with Crippen molar-refractivity contribution in [2.45, 2.75) is 31.7 Å². The highest BCUT2D eigenvalue weighted by molar-refractivity contribution is 5.94. The smallest absolute Gasteiger partial charge is 0.229 e. The lowest BCUT2D eigenvalue weighted by Crippen LogP contribution is -2.50. The zero-order chi connectivity index (χ0) is 24.8. The number of benzene rings is 1. The van der Waals surface area contributed by atoms with Crippen molar-refractivity contribution in [1.82, 2.24) is 24.1 Å². The van der Waals surface area contributed by atoms with Crippen LogP contribution in [0.1, 0.15) is 31.2 Å². The molecule has 1 aliphatic heterocycles. The van der Waals surface area contributed by atoms with Gasteiger partial charge in [-0.25, -0.2) is 9.37 Å². The Morgan fingerprint density at radius 1 is 1.25 bits per heavy atom. The molecular weight excluding hydrogens is 459 g/mol. The van der Waals surface area contributed by atoms with Crippen LogP contribution in [0.15, 0.2) is 55.0 Å². The number of hydrogen-bond acceptors (Lipinski definition) is 5. The second-order valence-corrected chi connectivity index (χ2v) is 9.64. The number of amides is 1. The molecule has 2 aliphatic rings. The number of pyridine rings is 1. The minimum atomic E-state index is -0.426. The zero-order valence-electron chi connectivity index (χ0n) is 20.4. The van der Waals surface area contributed by atoms with Crippen molar-refractivity contribution in [2.75, 3.05) is 25.0 Å². The third-order valence-electron chi connectivity index (χ3n) is 7.41. The third-order valence-corrected chi connectivity index (χ3v) is 7.41. The van der Waals surface area contributed by atoms with Crippen molar-refractivity contribution in [2.24, 2.45) is 13.0 Å². The van der Waals surface area contributed by atoms with Crippen LogP contribution >= 0.6 is 0 Å². The minimum Gasteiger partial charge on any atom is -0.488 e. The van der Waals surface area contributed by atoms with Gasteiger partial charge in [0.1, 0.15) is 23.8 Å². The Bertz CT molecular complexity index is 1410. The van der Waals surface area contributed by atoms with Crippen molar-refractivity contribution in [3.63, 3.8) is 0 Å². The topological polar surface area (TPSA) is 76.7 Å². The van der Waals surface area contributed by atoms with E-state index < -0.39 is 5.82 Å². The minimum absolute atomic E-state index is 0.0626. The average molecular weight is 489 g/mol. The monoisotopic (exact) mass is 488 g/mol. The number of carbonyl (C=O) groups is 1. The highest BCUT2D eigenvalue weighted by Crippen LogP contribution is 2.47. The maximum absolute atomic E-state index is 15.2. The molecule has 6 rings (SSSR count). The molecule has 0 unspecified atom stereocenters. The van der Waals surface area contributed by atoms with Gasteiger partial charge in [-0.2, -0.15) is 5.10 Å². The van der Waals surface area contributed by atoms with Crippen molar-refractivity contribution >= 4 is 17.4 Å². The fourth-order valence-corrected chi connectivity index (χ4v) is 5.13. The van der Waals surface area contributed by atoms with Gasteiger partial charge in [0, 0.05) is 37.8 Å². The summed E-state index contributed by atoms with van der Waals surface area (Å²) in [5.41, 5.74) is 2.52. The number of likely N-dealkylation sites (N-methyl/N-ethyl adjacent to an activating group) is 1. The number of aryl methyl sites for hydroxylation is 1. The molecule has 1 aromatic carbocycles. The van der Waals surface area contributed by atoms with E-state index in [1.807, 2.05) is 18.2 Å². The van der Waals surface area contributed by atoms with Gasteiger partial charge >= 0.3 is 0 Å². The summed E-state index contributed by atoms with van der Waals surface area (Å²) in [5, 5.41) is 7.21. The Hall–Kier alpha value is -3.72. The van der Waals surface area contributed by atoms with Crippen molar-refractivity contribution in [1.29, 1.82) is 0 Å². The number of anilines is 1. The first-order chi connectivity index (χ1) is 17.5. The standard InChI is InChI=1S/C27H29FN6O2/c1-3-33-10-9-18(33)16-36-23-13-29-32(2)26(23)21-14-34-15-24(30-25(34)12-22(21)28)31-27(35)20-11-19(20)17-7-5-4-6-8-17/h4-8,12-15,18-20H,3,9-11,16H2,1-2H3,(H,31,35)/t18-,19+,20+/m1/s1. The van der Waals surface area contributed by atoms with Crippen LogP contribution in [0.5, 0.6) is 5.75 Å². The van der Waals surface area contributed by atoms with Gasteiger partial charge in [0.25, 0.3) is 0 Å². The van der Waals surface area contributed by atoms with E-state index in [0.717, 1.165) is 25.9 Å². The van der Waals surface area contributed by atoms with Gasteiger partial charge in [0.15, 0.2) is 11.6 Å². The van der Waals surface area contributed by atoms with Crippen LogP contribution in [0.3, 0.4) is 0 Å². The highest BCUT2D eigenvalue weighted by Gasteiger charge is 2.44. The number of nitrogens with one attached hydrogen (secondary N) is 1. The third kappa shape index (κ3) is 4.13. The molecule has 0 radical (unpaired) electrons. The predicted octanol–water partition coefficient (Wildman–Crippen LogP) is 4.09. The van der Waals surface area contributed by atoms with E-state index in [9.17, 15) is 4.79 Å². The maximum Gasteiger partial charge on any atom is 0.229 e. The zero-order valence-corrected chi connectivity index (χ0v) is 20.4. The normalized spacial score (nSPS) is 21.4. The summed E-state index contributed by atoms with van der Waals surface area (Å²) >= 11 is 0. The number of likely N-dealkylation sites (tertiary alicyclic amines) is 1. The molecule has 1 N–H and O–H groups in total. The quantitative estimate of drug-likeness (QED) is 0.404. The molecule has 0 spiro atoms. The molecule has 1 amide bonds. The van der Waals surface area contributed by atoms with Crippen LogP contribution in [0, 0.1) is 11.7 Å². The number of halogens is 1. The predicted molar refractivity (Wildman–Crippen MR) is 134 cm³/mol. The Kier molecular flexibility index (Phi) is 5.72. The molecule has 1 aliphatic carbocycles. The van der Waals surface area contributed by atoms with Gasteiger partial charge in [0.05, 0.1) is 18.0 Å². The Morgan fingerprint density at radius 3 is 2.83 bits per heavy atom. The van der Waals surface area contributed by atoms with Crippen LogP contribution in [0.25, 0.3) is 16.9 Å². The molecule has 4 heterocycles. The lowest BCUT2D eigenvalue weighted by Gasteiger charge is -2.39. The first-order valence-electron chi connectivity index (χ1n) is 12.4. The number of nitrogens with zero attached hydrogens (tertiary/aromatic N) is 5. The van der Waals surface area contributed by atoms with Crippen molar-refractivity contribution < 1.29 is 13.9 Å². The molecule has 4 aromatic rings. The fourth-order valence-electron chi connectivity index (χ4n) is 5.13. The summed E-state index contributed by atoms with van der Waals surface area (Å²) in [6.45, 7) is 4.76. The summed E-state index contributed by atoms with van der Waals surface area (Å²) in [6, 6.07) is 11.8. The summed E-state index contributed by atoms with van der Waals surface area (Å²) in [4.78, 5) is 19.6. The van der Waals surface area contributed by atoms with Crippen LogP contribution < -0.4 is 10.1 Å². The number of imidazole rings is 1. The van der Waals surface area contributed by atoms with Crippen LogP contribution in [-0.4, -0.2) is 55.7 Å². The average Bonchev–Trinajstić information content (AvgIpc) is 3.46. The molecule has 3 atom stereocenters. The van der Waals surface area contributed by atoms with Gasteiger partial charge < -0.3 is 14.5 Å². The van der Waals surface area contributed by atoms with E-state index in [2.05, 4.69) is 39.4 Å². The van der Waals surface area contributed by atoms with Crippen LogP contribution in [-0.2, 0) is 11.8 Å². The lowest BCUT2D eigenvalue weighted by molar-refractivity contribution is -0.117. The SMILES string of the molecule is CCN1CC[C@@H]1COc1cnn(C)c1-c1cn2cc(NC(=O)[C@H]3C[C@H]3c3ccccc3)nc2cc1F. The molecule has 9 heteroatoms. The van der Waals surface area contributed by atoms with E-state index in [0.29, 0.717) is 41.1 Å². The van der Waals surface area contributed by atoms with Crippen LogP contribution in [0.4, 0.5) is 10.2 Å². The first-order valence-corrected chi connectivity index (χ1v) is 12.4. The second-order valence-electron chi connectivity index (χ2n) is 9.64. The molecule has 2 fully saturated rings. The Morgan fingerprint density at radius 2 is 2.08 bits per heavy atom. The van der Waals surface area contributed by atoms with Crippen LogP contribution in [0.2, 0.25) is 0 Å². The molecule has 36 heavy (non-hydrogen) atoms. The number of aromatic nitrogens is 4. The van der Waals surface area contributed by atoms with E-state index in [1.165, 1.54) is 11.6 Å². The summed E-state index contributed by atoms with van der Waals surface area (Å²) in [6.07, 6.45) is 6.93. The molecular formula is C27H29FN6O2. The van der Waals surface area contributed by atoms with Crippen molar-refractivity contribution in [3.05, 3.63) is 66.4 Å². The first kappa shape index (κ1) is 22.7. The largest absolute Gasteiger partial charge is 0.488 e. The number of ether oxygens (including phenoxy) is 1. The van der Waals surface area contributed by atoms with E-state index in [-0.39, 0.29) is 17.7 Å². The van der Waals surface area contributed by atoms with E-state index >= 15 is 4.39 Å². The number of hydrogen-bond donors (Lipinski definition) is 1. The fraction of sp³-hybridized carbons (Fsp3) is 0.370. The molecule has 8 nitrogen and oxygen atoms in total. The second kappa shape index (κ2) is 9.05. The van der Waals surface area contributed by atoms with E-state index in [4.69, 9.17) is 4.74 Å². The number of carbonyl (C=O) groups excluding carboxylic acids is 1. The Balaban J connectivity index is 1.20. The van der Waals surface area contributed by atoms with Crippen molar-refractivity contribution in [3.8, 4) is 17.0 Å². The number of fused-ring (bicyclic) bond motifs is 1. The molecule has 0 bridgehead atoms. The van der Waals surface area contributed by atoms with Gasteiger partial charge in [-0.1, -0.05) is 37.3 Å². The lowest BCUT2D eigenvalue weighted by atomic mass is 10.0. The van der Waals surface area contributed by atoms with E-state index in [1.54, 1.807) is 34.7 Å². The molecule has 186 valence electrons. The van der Waals surface area contributed by atoms with Gasteiger partial charge in [0.2, 0.25) is 5.91 Å². The van der Waals surface area contributed by atoms with Gasteiger partial charge in [-0.3, -0.25) is 14.4 Å². The van der Waals surface area contributed by atoms with Gasteiger partial charge in [-0.15, -0.1) is 0 Å². The highest BCUT2D eigenvalue weighted by atomic mass is 19.1. The van der Waals surface area contributed by atoms with Gasteiger partial charge in [-0.05, 0) is 30.9 Å². The summed E-state index contributed by atoms with van der Waals surface area (Å²) < 4.78 is 24.7. The summed E-state index contributed by atoms with van der Waals surface area (Å²) in [5.74, 6) is 0.629. The molecule has 1 saturated carbocycles. The number of rotatable bonds is 8. The maximum atomic E-state index is 15.2. The summed E-state index contributed by atoms with van der Waals surface area (Å²) in [7, 11) is 1.77. The Labute approximate surface area is 208 Å². The molecule has 1 saturated heterocycles.